The molecule has 0 radical (unpaired) electrons. The summed E-state index contributed by atoms with van der Waals surface area (Å²) in [6.45, 7) is 3.77. The average Bonchev–Trinajstić information content (AvgIpc) is 3.10. The van der Waals surface area contributed by atoms with E-state index in [1.165, 1.54) is 16.9 Å². The highest BCUT2D eigenvalue weighted by atomic mass is 32.1. The van der Waals surface area contributed by atoms with Gasteiger partial charge in [0.15, 0.2) is 11.2 Å². The Morgan fingerprint density at radius 2 is 1.71 bits per heavy atom. The van der Waals surface area contributed by atoms with Crippen molar-refractivity contribution in [3.63, 3.8) is 0 Å². The molecule has 5 heteroatoms. The largest absolute Gasteiger partial charge is 0.481 e. The fourth-order valence-corrected chi connectivity index (χ4v) is 3.87. The van der Waals surface area contributed by atoms with Crippen LogP contribution in [0.4, 0.5) is 5.13 Å². The number of ether oxygens (including phenoxy) is 1. The third-order valence-corrected chi connectivity index (χ3v) is 5.35. The fraction of sp³-hybridized carbons (Fsp3) is 0.130. The van der Waals surface area contributed by atoms with Crippen LogP contribution < -0.4 is 10.1 Å². The first kappa shape index (κ1) is 18.2. The highest BCUT2D eigenvalue weighted by Crippen LogP contribution is 2.27. The van der Waals surface area contributed by atoms with Crippen LogP contribution in [0.1, 0.15) is 12.5 Å². The summed E-state index contributed by atoms with van der Waals surface area (Å²) in [6.07, 6.45) is -0.628. The zero-order chi connectivity index (χ0) is 19.5. The van der Waals surface area contributed by atoms with E-state index in [9.17, 15) is 4.79 Å². The van der Waals surface area contributed by atoms with Crippen molar-refractivity contribution >= 4 is 32.6 Å². The molecule has 0 spiro atoms. The van der Waals surface area contributed by atoms with Crippen molar-refractivity contribution in [1.29, 1.82) is 0 Å². The van der Waals surface area contributed by atoms with Crippen LogP contribution in [0.15, 0.2) is 72.8 Å². The van der Waals surface area contributed by atoms with Gasteiger partial charge in [0.1, 0.15) is 5.75 Å². The van der Waals surface area contributed by atoms with Crippen LogP contribution in [0.25, 0.3) is 21.3 Å². The van der Waals surface area contributed by atoms with Crippen LogP contribution in [0.2, 0.25) is 0 Å². The Balaban J connectivity index is 1.41. The number of hydrogen-bond acceptors (Lipinski definition) is 4. The molecule has 1 heterocycles. The molecule has 0 aliphatic carbocycles. The SMILES string of the molecule is Cc1ccc2nc(NC(=O)C(C)Oc3ccc(-c4ccccc4)cc3)sc2c1. The summed E-state index contributed by atoms with van der Waals surface area (Å²) >= 11 is 1.46. The minimum absolute atomic E-state index is 0.220. The van der Waals surface area contributed by atoms with Crippen molar-refractivity contribution < 1.29 is 9.53 Å². The summed E-state index contributed by atoms with van der Waals surface area (Å²) in [5.74, 6) is 0.435. The average molecular weight is 388 g/mol. The third kappa shape index (κ3) is 4.05. The topological polar surface area (TPSA) is 51.2 Å². The molecule has 1 atom stereocenters. The van der Waals surface area contributed by atoms with Crippen molar-refractivity contribution in [1.82, 2.24) is 4.98 Å². The second kappa shape index (κ2) is 7.82. The van der Waals surface area contributed by atoms with Gasteiger partial charge in [-0.05, 0) is 54.8 Å². The molecule has 0 fully saturated rings. The van der Waals surface area contributed by atoms with Gasteiger partial charge in [-0.3, -0.25) is 10.1 Å². The fourth-order valence-electron chi connectivity index (χ4n) is 2.91. The van der Waals surface area contributed by atoms with E-state index in [1.807, 2.05) is 61.5 Å². The first-order valence-corrected chi connectivity index (χ1v) is 9.90. The van der Waals surface area contributed by atoms with Crippen LogP contribution in [-0.2, 0) is 4.79 Å². The summed E-state index contributed by atoms with van der Waals surface area (Å²) < 4.78 is 6.85. The van der Waals surface area contributed by atoms with E-state index < -0.39 is 6.10 Å². The molecular weight excluding hydrogens is 368 g/mol. The number of carbonyl (C=O) groups excluding carboxylic acids is 1. The molecule has 1 N–H and O–H groups in total. The zero-order valence-electron chi connectivity index (χ0n) is 15.7. The molecule has 0 aliphatic rings. The van der Waals surface area contributed by atoms with Crippen LogP contribution in [-0.4, -0.2) is 17.0 Å². The lowest BCUT2D eigenvalue weighted by atomic mass is 10.1. The van der Waals surface area contributed by atoms with Gasteiger partial charge in [-0.25, -0.2) is 4.98 Å². The number of thiazole rings is 1. The first-order chi connectivity index (χ1) is 13.6. The molecule has 0 bridgehead atoms. The molecule has 1 aromatic heterocycles. The Morgan fingerprint density at radius 1 is 1.00 bits per heavy atom. The van der Waals surface area contributed by atoms with Gasteiger partial charge in [0, 0.05) is 0 Å². The van der Waals surface area contributed by atoms with Gasteiger partial charge in [-0.1, -0.05) is 59.9 Å². The minimum atomic E-state index is -0.628. The van der Waals surface area contributed by atoms with Gasteiger partial charge in [-0.15, -0.1) is 0 Å². The van der Waals surface area contributed by atoms with E-state index in [-0.39, 0.29) is 5.91 Å². The first-order valence-electron chi connectivity index (χ1n) is 9.09. The molecule has 0 aliphatic heterocycles. The molecule has 4 rings (SSSR count). The molecule has 4 nitrogen and oxygen atoms in total. The quantitative estimate of drug-likeness (QED) is 0.479. The van der Waals surface area contributed by atoms with Crippen molar-refractivity contribution in [3.8, 4) is 16.9 Å². The molecule has 140 valence electrons. The number of nitrogens with zero attached hydrogens (tertiary/aromatic N) is 1. The monoisotopic (exact) mass is 388 g/mol. The molecule has 0 saturated carbocycles. The number of fused-ring (bicyclic) bond motifs is 1. The van der Waals surface area contributed by atoms with Crippen LogP contribution in [0.3, 0.4) is 0 Å². The molecule has 4 aromatic rings. The maximum atomic E-state index is 12.5. The number of amides is 1. The van der Waals surface area contributed by atoms with E-state index in [0.717, 1.165) is 21.3 Å². The highest BCUT2D eigenvalue weighted by molar-refractivity contribution is 7.22. The Morgan fingerprint density at radius 3 is 2.46 bits per heavy atom. The standard InChI is InChI=1S/C23H20N2O2S/c1-15-8-13-20-21(14-15)28-23(24-20)25-22(26)16(2)27-19-11-9-18(10-12-19)17-6-4-3-5-7-17/h3-14,16H,1-2H3,(H,24,25,26). The lowest BCUT2D eigenvalue weighted by molar-refractivity contribution is -0.122. The normalized spacial score (nSPS) is 11.9. The summed E-state index contributed by atoms with van der Waals surface area (Å²) in [6, 6.07) is 23.9. The summed E-state index contributed by atoms with van der Waals surface area (Å²) in [5, 5.41) is 3.44. The number of benzene rings is 3. The van der Waals surface area contributed by atoms with E-state index >= 15 is 0 Å². The molecular formula is C23H20N2O2S. The molecule has 1 amide bonds. The Kier molecular flexibility index (Phi) is 5.08. The predicted octanol–water partition coefficient (Wildman–Crippen LogP) is 5.68. The van der Waals surface area contributed by atoms with Gasteiger partial charge in [-0.2, -0.15) is 0 Å². The van der Waals surface area contributed by atoms with Crippen LogP contribution in [0.5, 0.6) is 5.75 Å². The Hall–Kier alpha value is -3.18. The second-order valence-electron chi connectivity index (χ2n) is 6.63. The number of aryl methyl sites for hydroxylation is 1. The number of anilines is 1. The zero-order valence-corrected chi connectivity index (χ0v) is 16.5. The minimum Gasteiger partial charge on any atom is -0.481 e. The smallest absolute Gasteiger partial charge is 0.266 e. The molecule has 3 aromatic carbocycles. The van der Waals surface area contributed by atoms with Crippen molar-refractivity contribution in [2.45, 2.75) is 20.0 Å². The van der Waals surface area contributed by atoms with E-state index in [2.05, 4.69) is 28.5 Å². The van der Waals surface area contributed by atoms with Gasteiger partial charge < -0.3 is 4.74 Å². The van der Waals surface area contributed by atoms with Crippen molar-refractivity contribution in [2.75, 3.05) is 5.32 Å². The van der Waals surface area contributed by atoms with Crippen molar-refractivity contribution in [3.05, 3.63) is 78.4 Å². The summed E-state index contributed by atoms with van der Waals surface area (Å²) in [7, 11) is 0. The second-order valence-corrected chi connectivity index (χ2v) is 7.66. The Labute approximate surface area is 167 Å². The number of aromatic nitrogens is 1. The summed E-state index contributed by atoms with van der Waals surface area (Å²) in [4.78, 5) is 16.9. The number of nitrogens with one attached hydrogen (secondary N) is 1. The number of carbonyl (C=O) groups is 1. The van der Waals surface area contributed by atoms with E-state index in [4.69, 9.17) is 4.74 Å². The molecule has 0 saturated heterocycles. The Bertz CT molecular complexity index is 1100. The molecule has 1 unspecified atom stereocenters. The predicted molar refractivity (Wildman–Crippen MR) is 115 cm³/mol. The summed E-state index contributed by atoms with van der Waals surface area (Å²) in [5.41, 5.74) is 4.31. The van der Waals surface area contributed by atoms with Gasteiger partial charge in [0.25, 0.3) is 5.91 Å². The van der Waals surface area contributed by atoms with E-state index in [0.29, 0.717) is 10.9 Å². The van der Waals surface area contributed by atoms with Crippen LogP contribution in [0, 0.1) is 6.92 Å². The lowest BCUT2D eigenvalue weighted by Crippen LogP contribution is -2.30. The highest BCUT2D eigenvalue weighted by Gasteiger charge is 2.17. The number of hydrogen-bond donors (Lipinski definition) is 1. The lowest BCUT2D eigenvalue weighted by Gasteiger charge is -2.14. The van der Waals surface area contributed by atoms with Gasteiger partial charge in [0.2, 0.25) is 0 Å². The third-order valence-electron chi connectivity index (χ3n) is 4.42. The van der Waals surface area contributed by atoms with Crippen LogP contribution >= 0.6 is 11.3 Å². The van der Waals surface area contributed by atoms with Gasteiger partial charge >= 0.3 is 0 Å². The van der Waals surface area contributed by atoms with Crippen molar-refractivity contribution in [2.24, 2.45) is 0 Å². The molecule has 28 heavy (non-hydrogen) atoms. The number of rotatable bonds is 5. The van der Waals surface area contributed by atoms with Gasteiger partial charge in [0.05, 0.1) is 10.2 Å². The van der Waals surface area contributed by atoms with E-state index in [1.54, 1.807) is 6.92 Å². The maximum Gasteiger partial charge on any atom is 0.266 e. The maximum absolute atomic E-state index is 12.5.